The van der Waals surface area contributed by atoms with Crippen LogP contribution in [0.25, 0.3) is 0 Å². The molecule has 118 valence electrons. The van der Waals surface area contributed by atoms with E-state index in [1.165, 1.54) is 12.1 Å². The summed E-state index contributed by atoms with van der Waals surface area (Å²) >= 11 is 0. The molecule has 0 radical (unpaired) electrons. The molecule has 1 N–H and O–H groups in total. The zero-order valence-corrected chi connectivity index (χ0v) is 12.0. The third kappa shape index (κ3) is 6.03. The molecule has 0 amide bonds. The van der Waals surface area contributed by atoms with Crippen LogP contribution in [0.2, 0.25) is 0 Å². The quantitative estimate of drug-likeness (QED) is 0.820. The lowest BCUT2D eigenvalue weighted by atomic mass is 10.1. The van der Waals surface area contributed by atoms with Gasteiger partial charge in [-0.1, -0.05) is 12.1 Å². The average molecular weight is 305 g/mol. The van der Waals surface area contributed by atoms with Gasteiger partial charge in [0, 0.05) is 6.04 Å². The van der Waals surface area contributed by atoms with Crippen LogP contribution < -0.4 is 10.1 Å². The number of rotatable bonds is 6. The first kappa shape index (κ1) is 17.3. The van der Waals surface area contributed by atoms with Gasteiger partial charge in [-0.05, 0) is 38.5 Å². The van der Waals surface area contributed by atoms with Crippen molar-refractivity contribution < 1.29 is 27.4 Å². The van der Waals surface area contributed by atoms with Gasteiger partial charge >= 0.3 is 12.3 Å². The molecule has 0 aliphatic heterocycles. The number of hydrogen-bond donors (Lipinski definition) is 1. The molecule has 0 aliphatic rings. The molecule has 7 heteroatoms. The number of esters is 1. The van der Waals surface area contributed by atoms with E-state index in [1.54, 1.807) is 6.92 Å². The molecular weight excluding hydrogens is 287 g/mol. The molecular formula is C14H18F3NO3. The van der Waals surface area contributed by atoms with Crippen molar-refractivity contribution in [3.63, 3.8) is 0 Å². The smallest absolute Gasteiger partial charge is 0.465 e. The first-order valence-corrected chi connectivity index (χ1v) is 6.51. The van der Waals surface area contributed by atoms with Crippen LogP contribution in [0, 0.1) is 0 Å². The fourth-order valence-corrected chi connectivity index (χ4v) is 1.72. The van der Waals surface area contributed by atoms with Gasteiger partial charge in [-0.25, -0.2) is 4.79 Å². The van der Waals surface area contributed by atoms with Crippen molar-refractivity contribution in [2.24, 2.45) is 0 Å². The molecule has 0 aromatic heterocycles. The molecule has 4 nitrogen and oxygen atoms in total. The number of alkyl halides is 3. The van der Waals surface area contributed by atoms with Gasteiger partial charge in [0.05, 0.1) is 6.61 Å². The maximum atomic E-state index is 12.1. The molecule has 0 saturated heterocycles. The van der Waals surface area contributed by atoms with Crippen LogP contribution in [0.15, 0.2) is 24.3 Å². The van der Waals surface area contributed by atoms with Crippen LogP contribution in [0.5, 0.6) is 5.75 Å². The van der Waals surface area contributed by atoms with Crippen molar-refractivity contribution in [1.82, 2.24) is 5.32 Å². The van der Waals surface area contributed by atoms with E-state index < -0.39 is 18.4 Å². The van der Waals surface area contributed by atoms with E-state index in [0.717, 1.165) is 12.1 Å². The lowest BCUT2D eigenvalue weighted by Gasteiger charge is -2.20. The van der Waals surface area contributed by atoms with Crippen LogP contribution in [0.3, 0.4) is 0 Å². The highest BCUT2D eigenvalue weighted by atomic mass is 19.4. The van der Waals surface area contributed by atoms with E-state index in [2.05, 4.69) is 10.1 Å². The Kier molecular flexibility index (Phi) is 6.02. The molecule has 1 unspecified atom stereocenters. The monoisotopic (exact) mass is 305 g/mol. The minimum atomic E-state index is -4.74. The van der Waals surface area contributed by atoms with Crippen molar-refractivity contribution in [2.45, 2.75) is 39.2 Å². The van der Waals surface area contributed by atoms with Crippen LogP contribution in [0.1, 0.15) is 32.4 Å². The maximum absolute atomic E-state index is 12.1. The summed E-state index contributed by atoms with van der Waals surface area (Å²) in [6.45, 7) is 5.62. The van der Waals surface area contributed by atoms with Crippen LogP contribution in [0.4, 0.5) is 13.2 Å². The van der Waals surface area contributed by atoms with Gasteiger partial charge in [-0.15, -0.1) is 13.2 Å². The molecule has 1 aromatic carbocycles. The number of nitrogens with one attached hydrogen (secondary N) is 1. The Balaban J connectivity index is 2.90. The highest BCUT2D eigenvalue weighted by Gasteiger charge is 2.31. The van der Waals surface area contributed by atoms with Gasteiger partial charge in [0.15, 0.2) is 0 Å². The van der Waals surface area contributed by atoms with E-state index in [1.807, 2.05) is 13.8 Å². The molecule has 1 atom stereocenters. The highest BCUT2D eigenvalue weighted by molar-refractivity contribution is 5.77. The molecule has 0 bridgehead atoms. The summed E-state index contributed by atoms with van der Waals surface area (Å²) in [7, 11) is 0. The molecule has 0 saturated carbocycles. The summed E-state index contributed by atoms with van der Waals surface area (Å²) in [6, 6.07) is 4.40. The third-order valence-electron chi connectivity index (χ3n) is 2.47. The lowest BCUT2D eigenvalue weighted by molar-refractivity contribution is -0.274. The zero-order chi connectivity index (χ0) is 16.0. The van der Waals surface area contributed by atoms with Crippen molar-refractivity contribution in [2.75, 3.05) is 6.61 Å². The van der Waals surface area contributed by atoms with Gasteiger partial charge < -0.3 is 9.47 Å². The predicted molar refractivity (Wildman–Crippen MR) is 70.8 cm³/mol. The van der Waals surface area contributed by atoms with E-state index in [-0.39, 0.29) is 18.4 Å². The summed E-state index contributed by atoms with van der Waals surface area (Å²) < 4.78 is 45.0. The van der Waals surface area contributed by atoms with E-state index in [9.17, 15) is 18.0 Å². The predicted octanol–water partition coefficient (Wildman–Crippen LogP) is 3.19. The molecule has 21 heavy (non-hydrogen) atoms. The Bertz CT molecular complexity index is 458. The Morgan fingerprint density at radius 3 is 2.24 bits per heavy atom. The Hall–Kier alpha value is -1.76. The fourth-order valence-electron chi connectivity index (χ4n) is 1.72. The fraction of sp³-hybridized carbons (Fsp3) is 0.500. The normalized spacial score (nSPS) is 13.1. The molecule has 1 aromatic rings. The Morgan fingerprint density at radius 1 is 1.24 bits per heavy atom. The van der Waals surface area contributed by atoms with Gasteiger partial charge in [-0.2, -0.15) is 0 Å². The van der Waals surface area contributed by atoms with E-state index in [0.29, 0.717) is 5.56 Å². The Morgan fingerprint density at radius 2 is 1.81 bits per heavy atom. The SMILES string of the molecule is CCOC(=O)C(NC(C)C)c1ccc(OC(F)(F)F)cc1. The third-order valence-corrected chi connectivity index (χ3v) is 2.47. The lowest BCUT2D eigenvalue weighted by Crippen LogP contribution is -2.34. The second kappa shape index (κ2) is 7.31. The first-order valence-electron chi connectivity index (χ1n) is 6.51. The maximum Gasteiger partial charge on any atom is 0.573 e. The summed E-state index contributed by atoms with van der Waals surface area (Å²) in [5, 5.41) is 3.01. The second-order valence-electron chi connectivity index (χ2n) is 4.62. The van der Waals surface area contributed by atoms with E-state index >= 15 is 0 Å². The summed E-state index contributed by atoms with van der Waals surface area (Å²) in [5.41, 5.74) is 0.511. The van der Waals surface area contributed by atoms with Crippen LogP contribution >= 0.6 is 0 Å². The van der Waals surface area contributed by atoms with Crippen molar-refractivity contribution >= 4 is 5.97 Å². The molecule has 0 fully saturated rings. The summed E-state index contributed by atoms with van der Waals surface area (Å²) in [4.78, 5) is 11.9. The van der Waals surface area contributed by atoms with Crippen molar-refractivity contribution in [1.29, 1.82) is 0 Å². The molecule has 1 rings (SSSR count). The standard InChI is InChI=1S/C14H18F3NO3/c1-4-20-13(19)12(18-9(2)3)10-5-7-11(8-6-10)21-14(15,16)17/h5-9,12,18H,4H2,1-3H3. The van der Waals surface area contributed by atoms with Gasteiger partial charge in [0.1, 0.15) is 11.8 Å². The second-order valence-corrected chi connectivity index (χ2v) is 4.62. The number of ether oxygens (including phenoxy) is 2. The minimum Gasteiger partial charge on any atom is -0.465 e. The minimum absolute atomic E-state index is 0.00510. The number of benzene rings is 1. The van der Waals surface area contributed by atoms with Crippen molar-refractivity contribution in [3.8, 4) is 5.75 Å². The van der Waals surface area contributed by atoms with E-state index in [4.69, 9.17) is 4.74 Å². The summed E-state index contributed by atoms with van der Waals surface area (Å²) in [5.74, 6) is -0.811. The molecule has 0 aliphatic carbocycles. The van der Waals surface area contributed by atoms with Crippen LogP contribution in [-0.2, 0) is 9.53 Å². The number of carbonyl (C=O) groups is 1. The first-order chi connectivity index (χ1) is 9.73. The largest absolute Gasteiger partial charge is 0.573 e. The Labute approximate surface area is 121 Å². The van der Waals surface area contributed by atoms with Gasteiger partial charge in [0.2, 0.25) is 0 Å². The molecule has 0 spiro atoms. The number of carbonyl (C=O) groups excluding carboxylic acids is 1. The van der Waals surface area contributed by atoms with Crippen LogP contribution in [-0.4, -0.2) is 25.0 Å². The molecule has 0 heterocycles. The highest BCUT2D eigenvalue weighted by Crippen LogP contribution is 2.25. The number of hydrogen-bond acceptors (Lipinski definition) is 4. The topological polar surface area (TPSA) is 47.6 Å². The van der Waals surface area contributed by atoms with Gasteiger partial charge in [-0.3, -0.25) is 5.32 Å². The zero-order valence-electron chi connectivity index (χ0n) is 12.0. The van der Waals surface area contributed by atoms with Crippen molar-refractivity contribution in [3.05, 3.63) is 29.8 Å². The average Bonchev–Trinajstić information content (AvgIpc) is 2.35. The summed E-state index contributed by atoms with van der Waals surface area (Å²) in [6.07, 6.45) is -4.74. The number of halogens is 3. The van der Waals surface area contributed by atoms with Gasteiger partial charge in [0.25, 0.3) is 0 Å².